The number of para-hydroxylation sites is 1. The lowest BCUT2D eigenvalue weighted by molar-refractivity contribution is 0.0680. The summed E-state index contributed by atoms with van der Waals surface area (Å²) >= 11 is 0. The minimum atomic E-state index is -0.275. The van der Waals surface area contributed by atoms with Crippen LogP contribution in [-0.4, -0.2) is 23.5 Å². The average molecular weight is 389 g/mol. The average Bonchev–Trinajstić information content (AvgIpc) is 2.75. The van der Waals surface area contributed by atoms with Crippen molar-refractivity contribution in [3.63, 3.8) is 0 Å². The lowest BCUT2D eigenvalue weighted by Gasteiger charge is -2.39. The minimum Gasteiger partial charge on any atom is -0.490 e. The lowest BCUT2D eigenvalue weighted by atomic mass is 9.97. The molecule has 4 heteroatoms. The van der Waals surface area contributed by atoms with Gasteiger partial charge in [-0.3, -0.25) is 4.79 Å². The van der Waals surface area contributed by atoms with Gasteiger partial charge in [0.15, 0.2) is 0 Å². The van der Waals surface area contributed by atoms with Gasteiger partial charge in [0.2, 0.25) is 0 Å². The summed E-state index contributed by atoms with van der Waals surface area (Å²) in [4.78, 5) is 15.3. The van der Waals surface area contributed by atoms with E-state index in [0.717, 1.165) is 46.2 Å². The highest BCUT2D eigenvalue weighted by Gasteiger charge is 2.35. The van der Waals surface area contributed by atoms with Crippen molar-refractivity contribution in [3.8, 4) is 5.75 Å². The van der Waals surface area contributed by atoms with Gasteiger partial charge >= 0.3 is 0 Å². The first-order valence-corrected chi connectivity index (χ1v) is 10.5. The number of nitrogens with one attached hydrogen (secondary N) is 1. The van der Waals surface area contributed by atoms with E-state index in [4.69, 9.17) is 4.74 Å². The van der Waals surface area contributed by atoms with E-state index < -0.39 is 0 Å². The zero-order chi connectivity index (χ0) is 20.4. The van der Waals surface area contributed by atoms with Gasteiger partial charge in [0.25, 0.3) is 5.91 Å². The van der Waals surface area contributed by atoms with Crippen LogP contribution in [0.5, 0.6) is 5.75 Å². The number of nitrogens with zero attached hydrogens (tertiary/aromatic N) is 1. The maximum Gasteiger partial charge on any atom is 0.257 e. The number of hydrogen-bond acceptors (Lipinski definition) is 3. The Bertz CT molecular complexity index is 1030. The van der Waals surface area contributed by atoms with Crippen LogP contribution in [0.4, 0.5) is 5.69 Å². The van der Waals surface area contributed by atoms with Crippen LogP contribution in [0, 0.1) is 0 Å². The Morgan fingerprint density at radius 1 is 1.03 bits per heavy atom. The first-order chi connectivity index (χ1) is 14.1. The molecule has 0 radical (unpaired) electrons. The van der Waals surface area contributed by atoms with Crippen molar-refractivity contribution in [2.24, 2.45) is 0 Å². The molecule has 1 amide bonds. The molecule has 2 atom stereocenters. The maximum absolute atomic E-state index is 13.4. The molecule has 4 nitrogen and oxygen atoms in total. The highest BCUT2D eigenvalue weighted by atomic mass is 16.5. The number of carbonyl (C=O) groups is 1. The van der Waals surface area contributed by atoms with Gasteiger partial charge in [-0.25, -0.2) is 0 Å². The lowest BCUT2D eigenvalue weighted by Crippen LogP contribution is -2.43. The Hall–Kier alpha value is -3.01. The number of anilines is 1. The van der Waals surface area contributed by atoms with E-state index in [2.05, 4.69) is 44.3 Å². The first kappa shape index (κ1) is 19.3. The van der Waals surface area contributed by atoms with Crippen molar-refractivity contribution in [2.45, 2.75) is 45.9 Å². The summed E-state index contributed by atoms with van der Waals surface area (Å²) in [7, 11) is 0. The molecule has 29 heavy (non-hydrogen) atoms. The van der Waals surface area contributed by atoms with E-state index >= 15 is 0 Å². The number of ether oxygens (including phenoxy) is 1. The van der Waals surface area contributed by atoms with Gasteiger partial charge < -0.3 is 15.0 Å². The summed E-state index contributed by atoms with van der Waals surface area (Å²) in [6.45, 7) is 6.98. The second-order valence-electron chi connectivity index (χ2n) is 7.63. The third kappa shape index (κ3) is 3.55. The predicted molar refractivity (Wildman–Crippen MR) is 118 cm³/mol. The molecule has 4 rings (SSSR count). The summed E-state index contributed by atoms with van der Waals surface area (Å²) in [5.74, 6) is 0.900. The molecular formula is C25H28N2O2. The zero-order valence-corrected chi connectivity index (χ0v) is 17.3. The summed E-state index contributed by atoms with van der Waals surface area (Å²) in [5, 5.41) is 5.88. The molecule has 1 heterocycles. The zero-order valence-electron chi connectivity index (χ0n) is 17.3. The van der Waals surface area contributed by atoms with Gasteiger partial charge in [-0.05, 0) is 48.7 Å². The smallest absolute Gasteiger partial charge is 0.257 e. The Kier molecular flexibility index (Phi) is 5.43. The molecule has 0 saturated heterocycles. The highest BCUT2D eigenvalue weighted by Crippen LogP contribution is 2.41. The number of carbonyl (C=O) groups excluding carboxylic acids is 1. The summed E-state index contributed by atoms with van der Waals surface area (Å²) in [5.41, 5.74) is 2.62. The standard InChI is InChI=1S/C25H28N2O2/c1-4-16-27-24(26-21-13-9-8-12-20(21)25(27)28)23-19-11-7-6-10-18(19)14-15-22(23)29-17(3)5-2/h6-15,17,24,26H,4-5,16H2,1-3H3. The van der Waals surface area contributed by atoms with Crippen LogP contribution in [-0.2, 0) is 0 Å². The SMILES string of the molecule is CCCN1C(=O)c2ccccc2NC1c1c(OC(C)CC)ccc2ccccc12. The van der Waals surface area contributed by atoms with Gasteiger partial charge in [0.1, 0.15) is 11.9 Å². The molecule has 1 N–H and O–H groups in total. The molecule has 150 valence electrons. The topological polar surface area (TPSA) is 41.6 Å². The quantitative estimate of drug-likeness (QED) is 0.564. The van der Waals surface area contributed by atoms with E-state index in [-0.39, 0.29) is 18.2 Å². The Morgan fingerprint density at radius 2 is 1.79 bits per heavy atom. The van der Waals surface area contributed by atoms with Crippen LogP contribution in [0.3, 0.4) is 0 Å². The molecule has 0 aromatic heterocycles. The van der Waals surface area contributed by atoms with Crippen LogP contribution < -0.4 is 10.1 Å². The fourth-order valence-electron chi connectivity index (χ4n) is 3.95. The number of benzene rings is 3. The molecule has 0 fully saturated rings. The van der Waals surface area contributed by atoms with Crippen molar-refractivity contribution < 1.29 is 9.53 Å². The third-order valence-electron chi connectivity index (χ3n) is 5.59. The number of rotatable bonds is 6. The highest BCUT2D eigenvalue weighted by molar-refractivity contribution is 6.02. The molecule has 3 aromatic rings. The Balaban J connectivity index is 1.91. The summed E-state index contributed by atoms with van der Waals surface area (Å²) in [6, 6.07) is 20.2. The number of amides is 1. The fraction of sp³-hybridized carbons (Fsp3) is 0.320. The molecule has 0 aliphatic carbocycles. The minimum absolute atomic E-state index is 0.0635. The van der Waals surface area contributed by atoms with Crippen molar-refractivity contribution in [1.82, 2.24) is 4.90 Å². The van der Waals surface area contributed by atoms with Crippen LogP contribution in [0.1, 0.15) is 55.7 Å². The van der Waals surface area contributed by atoms with Crippen LogP contribution in [0.2, 0.25) is 0 Å². The second-order valence-corrected chi connectivity index (χ2v) is 7.63. The van der Waals surface area contributed by atoms with Gasteiger partial charge in [0, 0.05) is 17.8 Å². The van der Waals surface area contributed by atoms with Gasteiger partial charge in [-0.2, -0.15) is 0 Å². The monoisotopic (exact) mass is 388 g/mol. The van der Waals surface area contributed by atoms with E-state index in [1.54, 1.807) is 0 Å². The summed E-state index contributed by atoms with van der Waals surface area (Å²) in [6.07, 6.45) is 1.63. The number of hydrogen-bond donors (Lipinski definition) is 1. The number of fused-ring (bicyclic) bond motifs is 2. The molecule has 0 spiro atoms. The van der Waals surface area contributed by atoms with Gasteiger partial charge in [-0.15, -0.1) is 0 Å². The van der Waals surface area contributed by atoms with E-state index in [1.165, 1.54) is 0 Å². The van der Waals surface area contributed by atoms with Gasteiger partial charge in [-0.1, -0.05) is 56.3 Å². The molecule has 0 bridgehead atoms. The van der Waals surface area contributed by atoms with E-state index in [9.17, 15) is 4.79 Å². The first-order valence-electron chi connectivity index (χ1n) is 10.5. The molecule has 1 aliphatic rings. The van der Waals surface area contributed by atoms with Crippen LogP contribution in [0.25, 0.3) is 10.8 Å². The molecule has 1 aliphatic heterocycles. The van der Waals surface area contributed by atoms with Crippen molar-refractivity contribution in [1.29, 1.82) is 0 Å². The second kappa shape index (κ2) is 8.16. The van der Waals surface area contributed by atoms with Crippen molar-refractivity contribution >= 4 is 22.4 Å². The van der Waals surface area contributed by atoms with E-state index in [0.29, 0.717) is 6.54 Å². The fourth-order valence-corrected chi connectivity index (χ4v) is 3.95. The van der Waals surface area contributed by atoms with Crippen LogP contribution >= 0.6 is 0 Å². The Labute approximate surface area is 172 Å². The molecule has 0 saturated carbocycles. The third-order valence-corrected chi connectivity index (χ3v) is 5.59. The predicted octanol–water partition coefficient (Wildman–Crippen LogP) is 5.99. The van der Waals surface area contributed by atoms with Crippen molar-refractivity contribution in [3.05, 3.63) is 71.8 Å². The maximum atomic E-state index is 13.4. The van der Waals surface area contributed by atoms with Crippen molar-refractivity contribution in [2.75, 3.05) is 11.9 Å². The van der Waals surface area contributed by atoms with E-state index in [1.807, 2.05) is 47.4 Å². The van der Waals surface area contributed by atoms with Crippen LogP contribution in [0.15, 0.2) is 60.7 Å². The van der Waals surface area contributed by atoms with Gasteiger partial charge in [0.05, 0.1) is 11.7 Å². The molecular weight excluding hydrogens is 360 g/mol. The molecule has 2 unspecified atom stereocenters. The normalized spacial score (nSPS) is 17.0. The largest absolute Gasteiger partial charge is 0.490 e. The Morgan fingerprint density at radius 3 is 2.59 bits per heavy atom. The molecule has 3 aromatic carbocycles. The summed E-state index contributed by atoms with van der Waals surface area (Å²) < 4.78 is 6.33.